The number of anilines is 1. The Kier molecular flexibility index (Phi) is 3.45. The zero-order chi connectivity index (χ0) is 14.2. The Balaban J connectivity index is 2.43. The van der Waals surface area contributed by atoms with Gasteiger partial charge in [0.15, 0.2) is 0 Å². The van der Waals surface area contributed by atoms with Crippen molar-refractivity contribution in [3.63, 3.8) is 0 Å². The summed E-state index contributed by atoms with van der Waals surface area (Å²) in [5.74, 6) is -0.126. The second kappa shape index (κ2) is 4.77. The molecule has 0 bridgehead atoms. The highest BCUT2D eigenvalue weighted by atomic mass is 32.1. The van der Waals surface area contributed by atoms with Crippen LogP contribution < -0.4 is 5.32 Å². The van der Waals surface area contributed by atoms with Crippen molar-refractivity contribution in [3.8, 4) is 0 Å². The van der Waals surface area contributed by atoms with Gasteiger partial charge in [0.1, 0.15) is 17.0 Å². The number of rotatable bonds is 4. The van der Waals surface area contributed by atoms with E-state index >= 15 is 0 Å². The molecule has 2 rings (SSSR count). The van der Waals surface area contributed by atoms with Crippen LogP contribution in [0.25, 0.3) is 10.2 Å². The van der Waals surface area contributed by atoms with Crippen LogP contribution in [-0.2, 0) is 4.79 Å². The highest BCUT2D eigenvalue weighted by Crippen LogP contribution is 2.33. The van der Waals surface area contributed by atoms with Crippen LogP contribution in [0.3, 0.4) is 0 Å². The molecule has 6 heteroatoms. The van der Waals surface area contributed by atoms with Crippen LogP contribution in [0, 0.1) is 13.8 Å². The monoisotopic (exact) mass is 279 g/mol. The van der Waals surface area contributed by atoms with Gasteiger partial charge in [0.25, 0.3) is 0 Å². The Bertz CT molecular complexity index is 634. The van der Waals surface area contributed by atoms with Crippen LogP contribution >= 0.6 is 11.3 Å². The first kappa shape index (κ1) is 13.7. The highest BCUT2D eigenvalue weighted by molar-refractivity contribution is 7.18. The second-order valence-electron chi connectivity index (χ2n) is 5.27. The first-order valence-electron chi connectivity index (χ1n) is 6.01. The van der Waals surface area contributed by atoms with Gasteiger partial charge in [-0.25, -0.2) is 9.97 Å². The lowest BCUT2D eigenvalue weighted by molar-refractivity contribution is -0.137. The largest absolute Gasteiger partial charge is 0.481 e. The van der Waals surface area contributed by atoms with Crippen molar-refractivity contribution in [1.29, 1.82) is 0 Å². The molecular formula is C13H17N3O2S. The number of carbonyl (C=O) groups is 1. The maximum Gasteiger partial charge on any atom is 0.305 e. The van der Waals surface area contributed by atoms with Gasteiger partial charge in [-0.05, 0) is 33.3 Å². The Labute approximate surface area is 115 Å². The zero-order valence-corrected chi connectivity index (χ0v) is 12.3. The Morgan fingerprint density at radius 3 is 2.74 bits per heavy atom. The number of carboxylic acids is 1. The molecule has 0 radical (unpaired) electrons. The van der Waals surface area contributed by atoms with Crippen LogP contribution in [0.2, 0.25) is 0 Å². The predicted octanol–water partition coefficient (Wildman–Crippen LogP) is 2.97. The van der Waals surface area contributed by atoms with Crippen molar-refractivity contribution in [1.82, 2.24) is 9.97 Å². The number of thiophene rings is 1. The molecule has 0 aliphatic rings. The summed E-state index contributed by atoms with van der Waals surface area (Å²) in [6.07, 6.45) is 1.54. The van der Waals surface area contributed by atoms with Gasteiger partial charge in [-0.15, -0.1) is 11.3 Å². The quantitative estimate of drug-likeness (QED) is 0.900. The summed E-state index contributed by atoms with van der Waals surface area (Å²) in [6.45, 7) is 7.79. The lowest BCUT2D eigenvalue weighted by atomic mass is 10.0. The van der Waals surface area contributed by atoms with E-state index in [1.165, 1.54) is 11.2 Å². The molecule has 0 aliphatic heterocycles. The van der Waals surface area contributed by atoms with Crippen molar-refractivity contribution in [2.24, 2.45) is 0 Å². The number of fused-ring (bicyclic) bond motifs is 1. The lowest BCUT2D eigenvalue weighted by Crippen LogP contribution is -2.34. The summed E-state index contributed by atoms with van der Waals surface area (Å²) < 4.78 is 0. The fourth-order valence-corrected chi connectivity index (χ4v) is 3.02. The summed E-state index contributed by atoms with van der Waals surface area (Å²) in [6, 6.07) is 0. The standard InChI is InChI=1S/C13H17N3O2S/c1-7-8(2)19-12-10(7)11(14-6-15-12)16-13(3,4)5-9(17)18/h6H,5H2,1-4H3,(H,17,18)(H,14,15,16). The van der Waals surface area contributed by atoms with Gasteiger partial charge in [0.05, 0.1) is 11.8 Å². The summed E-state index contributed by atoms with van der Waals surface area (Å²) >= 11 is 1.63. The average Bonchev–Trinajstić information content (AvgIpc) is 2.53. The SMILES string of the molecule is Cc1sc2ncnc(NC(C)(C)CC(=O)O)c2c1C. The third-order valence-corrected chi connectivity index (χ3v) is 4.13. The number of hydrogen-bond acceptors (Lipinski definition) is 5. The number of hydrogen-bond donors (Lipinski definition) is 2. The van der Waals surface area contributed by atoms with E-state index in [0.29, 0.717) is 5.82 Å². The van der Waals surface area contributed by atoms with Crippen LogP contribution in [0.5, 0.6) is 0 Å². The predicted molar refractivity (Wildman–Crippen MR) is 76.8 cm³/mol. The van der Waals surface area contributed by atoms with Crippen LogP contribution in [0.4, 0.5) is 5.82 Å². The third-order valence-electron chi connectivity index (χ3n) is 3.02. The topological polar surface area (TPSA) is 75.1 Å². The van der Waals surface area contributed by atoms with Crippen molar-refractivity contribution in [2.75, 3.05) is 5.32 Å². The van der Waals surface area contributed by atoms with Crippen LogP contribution in [0.1, 0.15) is 30.7 Å². The van der Waals surface area contributed by atoms with Crippen LogP contribution in [0.15, 0.2) is 6.33 Å². The average molecular weight is 279 g/mol. The van der Waals surface area contributed by atoms with Crippen molar-refractivity contribution >= 4 is 33.3 Å². The molecule has 2 aromatic rings. The summed E-state index contributed by atoms with van der Waals surface area (Å²) in [4.78, 5) is 21.5. The smallest absolute Gasteiger partial charge is 0.305 e. The minimum Gasteiger partial charge on any atom is -0.481 e. The molecule has 0 unspecified atom stereocenters. The Hall–Kier alpha value is -1.69. The number of nitrogens with zero attached hydrogens (tertiary/aromatic N) is 2. The molecule has 0 saturated carbocycles. The Morgan fingerprint density at radius 2 is 2.11 bits per heavy atom. The minimum absolute atomic E-state index is 0.0284. The van der Waals surface area contributed by atoms with E-state index in [2.05, 4.69) is 15.3 Å². The molecule has 0 aliphatic carbocycles. The van der Waals surface area contributed by atoms with Crippen molar-refractivity contribution in [3.05, 3.63) is 16.8 Å². The molecule has 0 fully saturated rings. The second-order valence-corrected chi connectivity index (χ2v) is 6.47. The van der Waals surface area contributed by atoms with Crippen LogP contribution in [-0.4, -0.2) is 26.6 Å². The van der Waals surface area contributed by atoms with E-state index in [9.17, 15) is 4.79 Å². The van der Waals surface area contributed by atoms with Crippen molar-refractivity contribution in [2.45, 2.75) is 39.7 Å². The molecule has 102 valence electrons. The number of carboxylic acid groups (broad SMARTS) is 1. The molecule has 0 amide bonds. The molecule has 2 heterocycles. The van der Waals surface area contributed by atoms with Gasteiger partial charge in [-0.1, -0.05) is 0 Å². The van der Waals surface area contributed by atoms with Gasteiger partial charge in [-0.2, -0.15) is 0 Å². The maximum atomic E-state index is 10.9. The van der Waals surface area contributed by atoms with E-state index in [4.69, 9.17) is 5.11 Å². The third kappa shape index (κ3) is 2.84. The van der Waals surface area contributed by atoms with E-state index in [1.807, 2.05) is 27.7 Å². The summed E-state index contributed by atoms with van der Waals surface area (Å²) in [7, 11) is 0. The molecule has 5 nitrogen and oxygen atoms in total. The molecule has 2 N–H and O–H groups in total. The molecule has 0 saturated heterocycles. The minimum atomic E-state index is -0.832. The first-order chi connectivity index (χ1) is 8.80. The fourth-order valence-electron chi connectivity index (χ4n) is 2.02. The normalized spacial score (nSPS) is 11.8. The molecule has 2 aromatic heterocycles. The van der Waals surface area contributed by atoms with E-state index in [-0.39, 0.29) is 6.42 Å². The molecule has 0 atom stereocenters. The van der Waals surface area contributed by atoms with E-state index < -0.39 is 11.5 Å². The van der Waals surface area contributed by atoms with Gasteiger partial charge in [0, 0.05) is 10.4 Å². The zero-order valence-electron chi connectivity index (χ0n) is 11.4. The van der Waals surface area contributed by atoms with E-state index in [0.717, 1.165) is 15.8 Å². The lowest BCUT2D eigenvalue weighted by Gasteiger charge is -2.25. The van der Waals surface area contributed by atoms with Gasteiger partial charge >= 0.3 is 5.97 Å². The maximum absolute atomic E-state index is 10.9. The van der Waals surface area contributed by atoms with Crippen molar-refractivity contribution < 1.29 is 9.90 Å². The van der Waals surface area contributed by atoms with E-state index in [1.54, 1.807) is 11.3 Å². The van der Waals surface area contributed by atoms with Gasteiger partial charge in [0.2, 0.25) is 0 Å². The Morgan fingerprint density at radius 1 is 1.42 bits per heavy atom. The molecule has 0 spiro atoms. The first-order valence-corrected chi connectivity index (χ1v) is 6.82. The highest BCUT2D eigenvalue weighted by Gasteiger charge is 2.24. The number of aryl methyl sites for hydroxylation is 2. The summed E-state index contributed by atoms with van der Waals surface area (Å²) in [5.41, 5.74) is 0.587. The van der Waals surface area contributed by atoms with Gasteiger partial charge in [-0.3, -0.25) is 4.79 Å². The fraction of sp³-hybridized carbons (Fsp3) is 0.462. The van der Waals surface area contributed by atoms with Gasteiger partial charge < -0.3 is 10.4 Å². The number of nitrogens with one attached hydrogen (secondary N) is 1. The molecule has 19 heavy (non-hydrogen) atoms. The molecule has 0 aromatic carbocycles. The number of aliphatic carboxylic acids is 1. The summed E-state index contributed by atoms with van der Waals surface area (Å²) in [5, 5.41) is 13.1. The molecular weight excluding hydrogens is 262 g/mol. The number of aromatic nitrogens is 2.